The highest BCUT2D eigenvalue weighted by Crippen LogP contribution is 2.27. The second-order valence-corrected chi connectivity index (χ2v) is 4.97. The molecule has 0 aliphatic heterocycles. The zero-order valence-electron chi connectivity index (χ0n) is 10.4. The molecule has 1 rings (SSSR count). The molecule has 0 aromatic rings. The lowest BCUT2D eigenvalue weighted by Crippen LogP contribution is -2.28. The standard InChI is InChI=1S/C13H27NO/c1-3-4-10-14(13-8-9-13)11-6-5-7-12(2)15/h12-13,15H,3-11H2,1-2H3. The Morgan fingerprint density at radius 1 is 1.20 bits per heavy atom. The van der Waals surface area contributed by atoms with E-state index in [9.17, 15) is 0 Å². The molecule has 90 valence electrons. The summed E-state index contributed by atoms with van der Waals surface area (Å²) in [6, 6.07) is 0.906. The molecule has 2 nitrogen and oxygen atoms in total. The molecule has 1 fully saturated rings. The number of aliphatic hydroxyl groups is 1. The van der Waals surface area contributed by atoms with Gasteiger partial charge in [-0.2, -0.15) is 0 Å². The first-order valence-corrected chi connectivity index (χ1v) is 6.66. The molecule has 0 spiro atoms. The second-order valence-electron chi connectivity index (χ2n) is 4.97. The highest BCUT2D eigenvalue weighted by Gasteiger charge is 2.27. The van der Waals surface area contributed by atoms with Crippen molar-refractivity contribution in [1.82, 2.24) is 4.90 Å². The Labute approximate surface area is 94.7 Å². The van der Waals surface area contributed by atoms with Crippen LogP contribution in [0.1, 0.15) is 58.8 Å². The van der Waals surface area contributed by atoms with Gasteiger partial charge in [0.1, 0.15) is 0 Å². The number of hydrogen-bond acceptors (Lipinski definition) is 2. The van der Waals surface area contributed by atoms with E-state index in [1.54, 1.807) is 0 Å². The zero-order chi connectivity index (χ0) is 11.1. The largest absolute Gasteiger partial charge is 0.393 e. The monoisotopic (exact) mass is 213 g/mol. The van der Waals surface area contributed by atoms with Crippen LogP contribution in [0.3, 0.4) is 0 Å². The second kappa shape index (κ2) is 7.24. The summed E-state index contributed by atoms with van der Waals surface area (Å²) in [7, 11) is 0. The van der Waals surface area contributed by atoms with Crippen molar-refractivity contribution in [3.63, 3.8) is 0 Å². The smallest absolute Gasteiger partial charge is 0.0512 e. The lowest BCUT2D eigenvalue weighted by Gasteiger charge is -2.21. The summed E-state index contributed by atoms with van der Waals surface area (Å²) in [6.07, 6.45) is 8.75. The minimum absolute atomic E-state index is 0.116. The van der Waals surface area contributed by atoms with Crippen LogP contribution in [-0.2, 0) is 0 Å². The van der Waals surface area contributed by atoms with Gasteiger partial charge in [0.2, 0.25) is 0 Å². The molecule has 15 heavy (non-hydrogen) atoms. The van der Waals surface area contributed by atoms with E-state index in [4.69, 9.17) is 5.11 Å². The van der Waals surface area contributed by atoms with Gasteiger partial charge < -0.3 is 10.0 Å². The molecule has 0 radical (unpaired) electrons. The molecule has 1 atom stereocenters. The van der Waals surface area contributed by atoms with Gasteiger partial charge in [-0.05, 0) is 58.5 Å². The Bertz CT molecular complexity index is 155. The molecule has 1 aliphatic carbocycles. The van der Waals surface area contributed by atoms with Gasteiger partial charge in [-0.1, -0.05) is 13.3 Å². The molecule has 1 saturated carbocycles. The third-order valence-corrected chi connectivity index (χ3v) is 3.18. The van der Waals surface area contributed by atoms with E-state index in [2.05, 4.69) is 11.8 Å². The number of aliphatic hydroxyl groups excluding tert-OH is 1. The minimum Gasteiger partial charge on any atom is -0.393 e. The summed E-state index contributed by atoms with van der Waals surface area (Å²) in [6.45, 7) is 6.68. The fraction of sp³-hybridized carbons (Fsp3) is 1.00. The number of rotatable bonds is 9. The van der Waals surface area contributed by atoms with Crippen LogP contribution >= 0.6 is 0 Å². The quantitative estimate of drug-likeness (QED) is 0.595. The maximum Gasteiger partial charge on any atom is 0.0512 e. The highest BCUT2D eigenvalue weighted by atomic mass is 16.3. The summed E-state index contributed by atoms with van der Waals surface area (Å²) in [5.74, 6) is 0. The van der Waals surface area contributed by atoms with Crippen LogP contribution in [0.4, 0.5) is 0 Å². The van der Waals surface area contributed by atoms with Crippen LogP contribution in [0, 0.1) is 0 Å². The number of unbranched alkanes of at least 4 members (excludes halogenated alkanes) is 2. The van der Waals surface area contributed by atoms with Gasteiger partial charge in [0.25, 0.3) is 0 Å². The molecule has 0 amide bonds. The first-order valence-electron chi connectivity index (χ1n) is 6.66. The molecule has 0 bridgehead atoms. The van der Waals surface area contributed by atoms with E-state index in [0.717, 1.165) is 12.5 Å². The first-order chi connectivity index (χ1) is 7.24. The minimum atomic E-state index is -0.116. The van der Waals surface area contributed by atoms with Gasteiger partial charge in [-0.15, -0.1) is 0 Å². The molecule has 0 aromatic heterocycles. The topological polar surface area (TPSA) is 23.5 Å². The van der Waals surface area contributed by atoms with Gasteiger partial charge in [-0.25, -0.2) is 0 Å². The molecule has 0 heterocycles. The normalized spacial score (nSPS) is 18.4. The van der Waals surface area contributed by atoms with Gasteiger partial charge in [0, 0.05) is 6.04 Å². The van der Waals surface area contributed by atoms with Crippen molar-refractivity contribution in [2.75, 3.05) is 13.1 Å². The fourth-order valence-corrected chi connectivity index (χ4v) is 2.03. The maximum absolute atomic E-state index is 9.17. The maximum atomic E-state index is 9.17. The number of nitrogens with zero attached hydrogens (tertiary/aromatic N) is 1. The van der Waals surface area contributed by atoms with Crippen LogP contribution in [0.5, 0.6) is 0 Å². The summed E-state index contributed by atoms with van der Waals surface area (Å²) < 4.78 is 0. The Balaban J connectivity index is 2.03. The van der Waals surface area contributed by atoms with E-state index in [-0.39, 0.29) is 6.10 Å². The molecule has 1 unspecified atom stereocenters. The van der Waals surface area contributed by atoms with Crippen LogP contribution in [-0.4, -0.2) is 35.2 Å². The van der Waals surface area contributed by atoms with Crippen molar-refractivity contribution in [1.29, 1.82) is 0 Å². The van der Waals surface area contributed by atoms with Gasteiger partial charge in [-0.3, -0.25) is 0 Å². The summed E-state index contributed by atoms with van der Waals surface area (Å²) >= 11 is 0. The van der Waals surface area contributed by atoms with Crippen molar-refractivity contribution in [2.24, 2.45) is 0 Å². The highest BCUT2D eigenvalue weighted by molar-refractivity contribution is 4.84. The molecule has 1 aliphatic rings. The van der Waals surface area contributed by atoms with Crippen molar-refractivity contribution in [3.05, 3.63) is 0 Å². The molecule has 0 saturated heterocycles. The first kappa shape index (κ1) is 13.0. The Kier molecular flexibility index (Phi) is 6.26. The van der Waals surface area contributed by atoms with Gasteiger partial charge in [0.15, 0.2) is 0 Å². The molecular formula is C13H27NO. The van der Waals surface area contributed by atoms with E-state index >= 15 is 0 Å². The SMILES string of the molecule is CCCCN(CCCCC(C)O)C1CC1. The molecule has 2 heteroatoms. The van der Waals surface area contributed by atoms with Crippen LogP contribution < -0.4 is 0 Å². The Morgan fingerprint density at radius 2 is 1.87 bits per heavy atom. The predicted octanol–water partition coefficient (Wildman–Crippen LogP) is 2.80. The lowest BCUT2D eigenvalue weighted by atomic mass is 10.1. The van der Waals surface area contributed by atoms with E-state index in [1.165, 1.54) is 51.6 Å². The summed E-state index contributed by atoms with van der Waals surface area (Å²) in [4.78, 5) is 2.66. The van der Waals surface area contributed by atoms with E-state index < -0.39 is 0 Å². The summed E-state index contributed by atoms with van der Waals surface area (Å²) in [5.41, 5.74) is 0. The molecule has 0 aromatic carbocycles. The van der Waals surface area contributed by atoms with Crippen LogP contribution in [0.15, 0.2) is 0 Å². The van der Waals surface area contributed by atoms with Crippen molar-refractivity contribution >= 4 is 0 Å². The average Bonchev–Trinajstić information content (AvgIpc) is 3.00. The third-order valence-electron chi connectivity index (χ3n) is 3.18. The number of hydrogen-bond donors (Lipinski definition) is 1. The van der Waals surface area contributed by atoms with Gasteiger partial charge >= 0.3 is 0 Å². The van der Waals surface area contributed by atoms with Crippen LogP contribution in [0.2, 0.25) is 0 Å². The zero-order valence-corrected chi connectivity index (χ0v) is 10.4. The Hall–Kier alpha value is -0.0800. The molecule has 1 N–H and O–H groups in total. The van der Waals surface area contributed by atoms with E-state index in [1.807, 2.05) is 6.92 Å². The third kappa shape index (κ3) is 6.16. The van der Waals surface area contributed by atoms with Crippen molar-refractivity contribution < 1.29 is 5.11 Å². The predicted molar refractivity (Wildman–Crippen MR) is 65.0 cm³/mol. The van der Waals surface area contributed by atoms with Gasteiger partial charge in [0.05, 0.1) is 6.10 Å². The lowest BCUT2D eigenvalue weighted by molar-refractivity contribution is 0.176. The Morgan fingerprint density at radius 3 is 2.40 bits per heavy atom. The van der Waals surface area contributed by atoms with Crippen LogP contribution in [0.25, 0.3) is 0 Å². The van der Waals surface area contributed by atoms with Crippen molar-refractivity contribution in [2.45, 2.75) is 70.9 Å². The summed E-state index contributed by atoms with van der Waals surface area (Å²) in [5, 5.41) is 9.17. The molecular weight excluding hydrogens is 186 g/mol. The van der Waals surface area contributed by atoms with Crippen molar-refractivity contribution in [3.8, 4) is 0 Å². The average molecular weight is 213 g/mol. The fourth-order valence-electron chi connectivity index (χ4n) is 2.03. The van der Waals surface area contributed by atoms with E-state index in [0.29, 0.717) is 0 Å².